The molecule has 2 heterocycles. The van der Waals surface area contributed by atoms with Gasteiger partial charge in [0.25, 0.3) is 5.91 Å². The maximum Gasteiger partial charge on any atom is 0.274 e. The van der Waals surface area contributed by atoms with E-state index >= 15 is 0 Å². The van der Waals surface area contributed by atoms with Gasteiger partial charge in [-0.15, -0.1) is 0 Å². The van der Waals surface area contributed by atoms with Gasteiger partial charge in [-0.2, -0.15) is 0 Å². The van der Waals surface area contributed by atoms with Crippen LogP contribution in [-0.2, 0) is 4.74 Å². The molecule has 0 aliphatic carbocycles. The van der Waals surface area contributed by atoms with Crippen LogP contribution in [0.15, 0.2) is 12.1 Å². The van der Waals surface area contributed by atoms with Crippen molar-refractivity contribution in [2.45, 2.75) is 0 Å². The maximum atomic E-state index is 12.1. The molecule has 6 nitrogen and oxygen atoms in total. The number of pyridine rings is 1. The number of hydrogen-bond acceptors (Lipinski definition) is 5. The molecule has 1 fully saturated rings. The van der Waals surface area contributed by atoms with E-state index in [0.717, 1.165) is 0 Å². The number of ether oxygens (including phenoxy) is 1. The number of morpholine rings is 1. The topological polar surface area (TPSA) is 80.5 Å². The smallest absolute Gasteiger partial charge is 0.274 e. The first-order valence-electron chi connectivity index (χ1n) is 5.22. The van der Waals surface area contributed by atoms with Gasteiger partial charge in [0, 0.05) is 13.1 Å². The number of nitrogens with two attached hydrogens (primary N) is 1. The first kappa shape index (κ1) is 12.1. The second-order valence-electron chi connectivity index (χ2n) is 3.58. The first-order valence-corrected chi connectivity index (χ1v) is 5.60. The minimum Gasteiger partial charge on any atom is -0.378 e. The highest BCUT2D eigenvalue weighted by atomic mass is 35.5. The Balaban J connectivity index is 2.22. The molecular formula is C10H13ClN4O2. The molecule has 2 rings (SSSR count). The molecule has 0 spiro atoms. The van der Waals surface area contributed by atoms with Crippen molar-refractivity contribution in [2.75, 3.05) is 31.7 Å². The average molecular weight is 257 g/mol. The Morgan fingerprint density at radius 1 is 1.47 bits per heavy atom. The monoisotopic (exact) mass is 256 g/mol. The molecule has 1 aliphatic rings. The number of hydrazine groups is 1. The van der Waals surface area contributed by atoms with Crippen molar-refractivity contribution in [3.05, 3.63) is 22.8 Å². The molecule has 1 amide bonds. The van der Waals surface area contributed by atoms with Crippen LogP contribution in [-0.4, -0.2) is 42.1 Å². The molecule has 3 N–H and O–H groups in total. The SMILES string of the molecule is NNc1ccc(Cl)c(C(=O)N2CCOCC2)n1. The standard InChI is InChI=1S/C10H13ClN4O2/c11-7-1-2-8(14-12)13-9(7)10(16)15-3-5-17-6-4-15/h1-2H,3-6,12H2,(H,13,14). The van der Waals surface area contributed by atoms with E-state index in [9.17, 15) is 4.79 Å². The predicted octanol–water partition coefficient (Wildman–Crippen LogP) is 0.493. The lowest BCUT2D eigenvalue weighted by Gasteiger charge is -2.26. The summed E-state index contributed by atoms with van der Waals surface area (Å²) in [5, 5.41) is 0.320. The van der Waals surface area contributed by atoms with Crippen molar-refractivity contribution in [3.63, 3.8) is 0 Å². The first-order chi connectivity index (χ1) is 8.22. The molecule has 1 aromatic heterocycles. The predicted molar refractivity (Wildman–Crippen MR) is 63.8 cm³/mol. The maximum absolute atomic E-state index is 12.1. The summed E-state index contributed by atoms with van der Waals surface area (Å²) in [4.78, 5) is 17.9. The van der Waals surface area contributed by atoms with E-state index in [1.165, 1.54) is 0 Å². The summed E-state index contributed by atoms with van der Waals surface area (Å²) < 4.78 is 5.18. The van der Waals surface area contributed by atoms with E-state index in [-0.39, 0.29) is 11.6 Å². The van der Waals surface area contributed by atoms with Gasteiger partial charge < -0.3 is 15.1 Å². The molecule has 92 valence electrons. The molecule has 1 aromatic rings. The Morgan fingerprint density at radius 2 is 2.18 bits per heavy atom. The van der Waals surface area contributed by atoms with Gasteiger partial charge in [0.05, 0.1) is 18.2 Å². The highest BCUT2D eigenvalue weighted by Crippen LogP contribution is 2.18. The molecule has 0 atom stereocenters. The molecule has 1 saturated heterocycles. The van der Waals surface area contributed by atoms with Gasteiger partial charge in [-0.05, 0) is 12.1 Å². The fourth-order valence-electron chi connectivity index (χ4n) is 1.59. The molecule has 0 radical (unpaired) electrons. The summed E-state index contributed by atoms with van der Waals surface area (Å²) in [6.45, 7) is 2.19. The Kier molecular flexibility index (Phi) is 3.78. The summed E-state index contributed by atoms with van der Waals surface area (Å²) in [5.41, 5.74) is 2.60. The van der Waals surface area contributed by atoms with Crippen LogP contribution in [0.1, 0.15) is 10.5 Å². The van der Waals surface area contributed by atoms with Gasteiger partial charge in [0.2, 0.25) is 0 Å². The van der Waals surface area contributed by atoms with Gasteiger partial charge in [-0.1, -0.05) is 11.6 Å². The van der Waals surface area contributed by atoms with Crippen LogP contribution >= 0.6 is 11.6 Å². The molecule has 7 heteroatoms. The van der Waals surface area contributed by atoms with E-state index in [4.69, 9.17) is 22.2 Å². The molecule has 0 bridgehead atoms. The number of nitrogens with zero attached hydrogens (tertiary/aromatic N) is 2. The zero-order valence-corrected chi connectivity index (χ0v) is 9.91. The third-order valence-corrected chi connectivity index (χ3v) is 2.80. The van der Waals surface area contributed by atoms with Crippen molar-refractivity contribution in [1.29, 1.82) is 0 Å². The van der Waals surface area contributed by atoms with Crippen LogP contribution in [0.3, 0.4) is 0 Å². The Hall–Kier alpha value is -1.37. The molecule has 0 aromatic carbocycles. The number of anilines is 1. The summed E-state index contributed by atoms with van der Waals surface area (Å²) in [6.07, 6.45) is 0. The summed E-state index contributed by atoms with van der Waals surface area (Å²) in [6, 6.07) is 3.20. The van der Waals surface area contributed by atoms with Crippen molar-refractivity contribution >= 4 is 23.3 Å². The summed E-state index contributed by atoms with van der Waals surface area (Å²) in [5.74, 6) is 5.46. The van der Waals surface area contributed by atoms with Gasteiger partial charge in [0.15, 0.2) is 0 Å². The number of hydrogen-bond donors (Lipinski definition) is 2. The number of carbonyl (C=O) groups is 1. The van der Waals surface area contributed by atoms with Crippen LogP contribution in [0.5, 0.6) is 0 Å². The number of aromatic nitrogens is 1. The van der Waals surface area contributed by atoms with E-state index in [2.05, 4.69) is 10.4 Å². The van der Waals surface area contributed by atoms with E-state index < -0.39 is 0 Å². The minimum absolute atomic E-state index is 0.199. The molecule has 0 unspecified atom stereocenters. The van der Waals surface area contributed by atoms with Crippen molar-refractivity contribution < 1.29 is 9.53 Å². The van der Waals surface area contributed by atoms with Crippen molar-refractivity contribution in [3.8, 4) is 0 Å². The zero-order valence-electron chi connectivity index (χ0n) is 9.15. The minimum atomic E-state index is -0.199. The number of halogens is 1. The molecule has 0 saturated carbocycles. The number of nitrogens with one attached hydrogen (secondary N) is 1. The van der Waals surface area contributed by atoms with Gasteiger partial charge in [0.1, 0.15) is 11.5 Å². The van der Waals surface area contributed by atoms with Gasteiger partial charge >= 0.3 is 0 Å². The lowest BCUT2D eigenvalue weighted by Crippen LogP contribution is -2.41. The van der Waals surface area contributed by atoms with E-state index in [0.29, 0.717) is 37.1 Å². The lowest BCUT2D eigenvalue weighted by atomic mass is 10.3. The summed E-state index contributed by atoms with van der Waals surface area (Å²) in [7, 11) is 0. The average Bonchev–Trinajstić information content (AvgIpc) is 2.39. The second-order valence-corrected chi connectivity index (χ2v) is 3.98. The largest absolute Gasteiger partial charge is 0.378 e. The number of rotatable bonds is 2. The lowest BCUT2D eigenvalue weighted by molar-refractivity contribution is 0.0299. The van der Waals surface area contributed by atoms with Crippen molar-refractivity contribution in [1.82, 2.24) is 9.88 Å². The van der Waals surface area contributed by atoms with Crippen LogP contribution in [0.2, 0.25) is 5.02 Å². The van der Waals surface area contributed by atoms with Gasteiger partial charge in [-0.3, -0.25) is 4.79 Å². The molecule has 1 aliphatic heterocycles. The quantitative estimate of drug-likeness (QED) is 0.595. The Bertz CT molecular complexity index is 421. The van der Waals surface area contributed by atoms with Crippen LogP contribution in [0.4, 0.5) is 5.82 Å². The van der Waals surface area contributed by atoms with E-state index in [1.807, 2.05) is 0 Å². The highest BCUT2D eigenvalue weighted by molar-refractivity contribution is 6.33. The highest BCUT2D eigenvalue weighted by Gasteiger charge is 2.22. The third kappa shape index (κ3) is 2.66. The Morgan fingerprint density at radius 3 is 2.82 bits per heavy atom. The van der Waals surface area contributed by atoms with Crippen molar-refractivity contribution in [2.24, 2.45) is 5.84 Å². The third-order valence-electron chi connectivity index (χ3n) is 2.49. The molecule has 17 heavy (non-hydrogen) atoms. The van der Waals surface area contributed by atoms with Crippen LogP contribution in [0.25, 0.3) is 0 Å². The number of nitrogen functional groups attached to an aromatic ring is 1. The second kappa shape index (κ2) is 5.31. The Labute approximate surface area is 104 Å². The summed E-state index contributed by atoms with van der Waals surface area (Å²) >= 11 is 5.96. The normalized spacial score (nSPS) is 15.8. The van der Waals surface area contributed by atoms with E-state index in [1.54, 1.807) is 17.0 Å². The van der Waals surface area contributed by atoms with Crippen LogP contribution < -0.4 is 11.3 Å². The van der Waals surface area contributed by atoms with Gasteiger partial charge in [-0.25, -0.2) is 10.8 Å². The number of carbonyl (C=O) groups excluding carboxylic acids is 1. The fourth-order valence-corrected chi connectivity index (χ4v) is 1.77. The number of amides is 1. The van der Waals surface area contributed by atoms with Crippen LogP contribution in [0, 0.1) is 0 Å². The fraction of sp³-hybridized carbons (Fsp3) is 0.400. The molecular weight excluding hydrogens is 244 g/mol. The zero-order chi connectivity index (χ0) is 12.3.